The lowest BCUT2D eigenvalue weighted by Crippen LogP contribution is -2.39. The number of carboxylic acids is 2. The third kappa shape index (κ3) is 11.1. The van der Waals surface area contributed by atoms with Crippen molar-refractivity contribution in [3.8, 4) is 0 Å². The van der Waals surface area contributed by atoms with Gasteiger partial charge in [0.15, 0.2) is 12.2 Å². The summed E-state index contributed by atoms with van der Waals surface area (Å²) in [5.74, 6) is -3.54. The van der Waals surface area contributed by atoms with E-state index >= 15 is 0 Å². The minimum atomic E-state index is -2.27. The largest absolute Gasteiger partial charge is 1.00 e. The van der Waals surface area contributed by atoms with E-state index < -0.39 is 24.1 Å². The zero-order valence-corrected chi connectivity index (χ0v) is 10.1. The van der Waals surface area contributed by atoms with Gasteiger partial charge in [0.25, 0.3) is 0 Å². The van der Waals surface area contributed by atoms with Crippen molar-refractivity contribution in [2.24, 2.45) is 0 Å². The molecule has 102 valence electrons. The molecule has 0 aliphatic heterocycles. The van der Waals surface area contributed by atoms with Crippen molar-refractivity contribution in [2.45, 2.75) is 12.2 Å². The Morgan fingerprint density at radius 1 is 1.06 bits per heavy atom. The Hall–Kier alpha value is -1.22. The van der Waals surface area contributed by atoms with Crippen LogP contribution in [0.3, 0.4) is 0 Å². The maximum Gasteiger partial charge on any atom is 1.00 e. The van der Waals surface area contributed by atoms with Crippen LogP contribution in [0.4, 0.5) is 0 Å². The van der Waals surface area contributed by atoms with Crippen LogP contribution in [0.5, 0.6) is 0 Å². The summed E-state index contributed by atoms with van der Waals surface area (Å²) in [6.07, 6.45) is -4.53. The molecule has 2 atom stereocenters. The molecule has 8 heteroatoms. The Morgan fingerprint density at radius 2 is 1.35 bits per heavy atom. The van der Waals surface area contributed by atoms with Crippen LogP contribution in [0.15, 0.2) is 0 Å². The molecule has 0 aromatic carbocycles. The lowest BCUT2D eigenvalue weighted by Gasteiger charge is -2.21. The van der Waals surface area contributed by atoms with E-state index in [1.165, 1.54) is 0 Å². The second kappa shape index (κ2) is 7.96. The normalized spacial score (nSPS) is 14.2. The molecule has 0 aromatic rings. The Balaban J connectivity index is -0.000000112. The molecular weight excluding hydrogens is 234 g/mol. The molecule has 0 amide bonds. The summed E-state index contributed by atoms with van der Waals surface area (Å²) >= 11 is 0. The lowest BCUT2D eigenvalue weighted by molar-refractivity contribution is -0.870. The standard InChI is InChI=1S/C5H14NO.C4H6O6/c1-6(2,3)4-5-7;5-1(3(7)8)2(6)4(9)10/h7H,4-5H2,1-3H3;1-2,5-6H,(H,7,8)(H,9,10)/q+1;/p+2. The van der Waals surface area contributed by atoms with Crippen LogP contribution in [-0.4, -0.2) is 88.5 Å². The molecule has 0 aliphatic carbocycles. The maximum atomic E-state index is 9.77. The number of rotatable bonds is 5. The Morgan fingerprint density at radius 3 is 1.41 bits per heavy atom. The van der Waals surface area contributed by atoms with Crippen molar-refractivity contribution in [1.82, 2.24) is 0 Å². The van der Waals surface area contributed by atoms with E-state index in [1.54, 1.807) is 0 Å². The number of aliphatic carboxylic acids is 2. The number of carboxylic acid groups (broad SMARTS) is 2. The molecule has 5 N–H and O–H groups in total. The summed E-state index contributed by atoms with van der Waals surface area (Å²) < 4.78 is 0.844. The molecule has 0 heterocycles. The Kier molecular flexibility index (Phi) is 8.50. The van der Waals surface area contributed by atoms with Crippen LogP contribution in [0, 0.1) is 0 Å². The van der Waals surface area contributed by atoms with Crippen LogP contribution < -0.4 is 0 Å². The molecule has 17 heavy (non-hydrogen) atoms. The lowest BCUT2D eigenvalue weighted by atomic mass is 10.2. The molecule has 0 saturated carbocycles. The zero-order chi connectivity index (χ0) is 14.2. The number of quaternary nitrogens is 1. The molecule has 2 unspecified atom stereocenters. The van der Waals surface area contributed by atoms with Crippen LogP contribution in [0.2, 0.25) is 0 Å². The first-order valence-electron chi connectivity index (χ1n) is 4.76. The van der Waals surface area contributed by atoms with Gasteiger partial charge in [-0.1, -0.05) is 0 Å². The van der Waals surface area contributed by atoms with Crippen LogP contribution in [0.25, 0.3) is 0 Å². The van der Waals surface area contributed by atoms with Gasteiger partial charge in [0, 0.05) is 0 Å². The topological polar surface area (TPSA) is 135 Å². The molecule has 8 nitrogen and oxygen atoms in total. The van der Waals surface area contributed by atoms with Gasteiger partial charge in [-0.3, -0.25) is 0 Å². The third-order valence-electron chi connectivity index (χ3n) is 1.58. The van der Waals surface area contributed by atoms with Gasteiger partial charge in [0.2, 0.25) is 0 Å². The van der Waals surface area contributed by atoms with E-state index in [4.69, 9.17) is 25.5 Å². The van der Waals surface area contributed by atoms with Gasteiger partial charge in [0.05, 0.1) is 27.7 Å². The fraction of sp³-hybridized carbons (Fsp3) is 0.778. The maximum absolute atomic E-state index is 9.77. The minimum absolute atomic E-state index is 0. The average Bonchev–Trinajstić information content (AvgIpc) is 2.14. The number of hydrogen-bond donors (Lipinski definition) is 5. The smallest absolute Gasteiger partial charge is 0.479 e. The quantitative estimate of drug-likeness (QED) is 0.352. The first-order chi connectivity index (χ1) is 7.52. The van der Waals surface area contributed by atoms with Gasteiger partial charge in [-0.05, 0) is 0 Å². The predicted octanol–water partition coefficient (Wildman–Crippen LogP) is -2.21. The third-order valence-corrected chi connectivity index (χ3v) is 1.58. The van der Waals surface area contributed by atoms with Crippen LogP contribution >= 0.6 is 0 Å². The van der Waals surface area contributed by atoms with Crippen molar-refractivity contribution in [3.05, 3.63) is 0 Å². The van der Waals surface area contributed by atoms with Gasteiger partial charge in [-0.15, -0.1) is 0 Å². The highest BCUT2D eigenvalue weighted by atomic mass is 16.4. The first kappa shape index (κ1) is 18.2. The Labute approximate surface area is 102 Å². The van der Waals surface area contributed by atoms with Crippen molar-refractivity contribution >= 4 is 11.9 Å². The van der Waals surface area contributed by atoms with E-state index in [0.29, 0.717) is 0 Å². The number of nitrogens with zero attached hydrogens (tertiary/aromatic N) is 1. The average molecular weight is 256 g/mol. The molecule has 0 spiro atoms. The van der Waals surface area contributed by atoms with Gasteiger partial charge in [-0.25, -0.2) is 9.59 Å². The highest BCUT2D eigenvalue weighted by molar-refractivity contribution is 5.83. The number of carbonyl (C=O) groups is 2. The first-order valence-corrected chi connectivity index (χ1v) is 4.76. The van der Waals surface area contributed by atoms with E-state index in [2.05, 4.69) is 21.1 Å². The number of likely N-dealkylation sites (N-methyl/N-ethyl adjacent to an activating group) is 1. The second-order valence-corrected chi connectivity index (χ2v) is 4.30. The van der Waals surface area contributed by atoms with E-state index in [0.717, 1.165) is 11.0 Å². The van der Waals surface area contributed by atoms with E-state index in [9.17, 15) is 9.59 Å². The summed E-state index contributed by atoms with van der Waals surface area (Å²) in [4.78, 5) is 19.5. The fourth-order valence-electron chi connectivity index (χ4n) is 0.570. The van der Waals surface area contributed by atoms with Crippen molar-refractivity contribution in [2.75, 3.05) is 34.3 Å². The summed E-state index contributed by atoms with van der Waals surface area (Å²) in [5.41, 5.74) is 0. The van der Waals surface area contributed by atoms with Gasteiger partial charge < -0.3 is 30.0 Å². The van der Waals surface area contributed by atoms with Crippen LogP contribution in [-0.2, 0) is 9.59 Å². The van der Waals surface area contributed by atoms with Gasteiger partial charge in [-0.2, -0.15) is 0 Å². The predicted molar refractivity (Wildman–Crippen MR) is 59.5 cm³/mol. The Bertz CT molecular complexity index is 239. The van der Waals surface area contributed by atoms with Crippen molar-refractivity contribution < 1.29 is 42.5 Å². The highest BCUT2D eigenvalue weighted by Gasteiger charge is 2.29. The summed E-state index contributed by atoms with van der Waals surface area (Å²) in [5, 5.41) is 40.9. The SMILES string of the molecule is C[N+](C)(C)CCO.O=C(O)C(O)C(O)C(=O)O.[H+].[H+]. The summed E-state index contributed by atoms with van der Waals surface area (Å²) in [6, 6.07) is 0. The van der Waals surface area contributed by atoms with Crippen molar-refractivity contribution in [3.63, 3.8) is 0 Å². The van der Waals surface area contributed by atoms with Crippen molar-refractivity contribution in [1.29, 1.82) is 0 Å². The second-order valence-electron chi connectivity index (χ2n) is 4.30. The van der Waals surface area contributed by atoms with E-state index in [1.807, 2.05) is 0 Å². The molecule has 0 aromatic heterocycles. The number of hydrogen-bond acceptors (Lipinski definition) is 5. The molecule has 0 saturated heterocycles. The van der Waals surface area contributed by atoms with Gasteiger partial charge >= 0.3 is 14.8 Å². The minimum Gasteiger partial charge on any atom is -0.479 e. The number of aliphatic hydroxyl groups excluding tert-OH is 3. The molecule has 0 fully saturated rings. The molecule has 0 rings (SSSR count). The zero-order valence-electron chi connectivity index (χ0n) is 12.1. The van der Waals surface area contributed by atoms with Gasteiger partial charge in [0.1, 0.15) is 6.54 Å². The van der Waals surface area contributed by atoms with Crippen LogP contribution in [0.1, 0.15) is 2.85 Å². The molecule has 0 radical (unpaired) electrons. The monoisotopic (exact) mass is 256 g/mol. The van der Waals surface area contributed by atoms with E-state index in [-0.39, 0.29) is 9.46 Å². The molecule has 0 bridgehead atoms. The summed E-state index contributed by atoms with van der Waals surface area (Å²) in [7, 11) is 6.16. The summed E-state index contributed by atoms with van der Waals surface area (Å²) in [6.45, 7) is 1.11. The molecule has 0 aliphatic rings. The highest BCUT2D eigenvalue weighted by Crippen LogP contribution is 1.92. The molecular formula is C9H22NO7+3. The number of aliphatic hydroxyl groups is 3. The fourth-order valence-corrected chi connectivity index (χ4v) is 0.570.